The summed E-state index contributed by atoms with van der Waals surface area (Å²) in [7, 11) is 1.98. The third kappa shape index (κ3) is 7.55. The normalized spacial score (nSPS) is 19.9. The number of fused-ring (bicyclic) bond motifs is 2. The first kappa shape index (κ1) is 32.8. The van der Waals surface area contributed by atoms with Gasteiger partial charge in [0.1, 0.15) is 11.9 Å². The van der Waals surface area contributed by atoms with Crippen molar-refractivity contribution in [3.8, 4) is 5.75 Å². The number of urea groups is 1. The van der Waals surface area contributed by atoms with Crippen molar-refractivity contribution in [3.05, 3.63) is 83.0 Å². The molecule has 2 amide bonds. The van der Waals surface area contributed by atoms with Crippen molar-refractivity contribution in [3.63, 3.8) is 0 Å². The predicted octanol–water partition coefficient (Wildman–Crippen LogP) is 6.61. The van der Waals surface area contributed by atoms with Crippen LogP contribution in [0.15, 0.2) is 60.8 Å². The average Bonchev–Trinajstić information content (AvgIpc) is 3.45. The molecule has 1 unspecified atom stereocenters. The summed E-state index contributed by atoms with van der Waals surface area (Å²) in [6.07, 6.45) is 6.95. The van der Waals surface area contributed by atoms with Gasteiger partial charge in [0.15, 0.2) is 5.65 Å². The number of rotatable bonds is 9. The Morgan fingerprint density at radius 3 is 2.62 bits per heavy atom. The summed E-state index contributed by atoms with van der Waals surface area (Å²) in [5.74, 6) is 1.64. The van der Waals surface area contributed by atoms with Crippen LogP contribution in [0.1, 0.15) is 94.2 Å². The minimum absolute atomic E-state index is 0.0811. The molecule has 0 saturated carbocycles. The molecule has 4 aromatic rings. The van der Waals surface area contributed by atoms with Crippen LogP contribution in [0.3, 0.4) is 0 Å². The van der Waals surface area contributed by atoms with Gasteiger partial charge in [-0.15, -0.1) is 10.2 Å². The van der Waals surface area contributed by atoms with Gasteiger partial charge in [-0.3, -0.25) is 9.30 Å². The van der Waals surface area contributed by atoms with Gasteiger partial charge < -0.3 is 25.4 Å². The summed E-state index contributed by atoms with van der Waals surface area (Å²) in [5.41, 5.74) is 5.88. The number of amides is 2. The van der Waals surface area contributed by atoms with E-state index < -0.39 is 0 Å². The zero-order valence-corrected chi connectivity index (χ0v) is 28.4. The van der Waals surface area contributed by atoms with E-state index in [9.17, 15) is 9.90 Å². The van der Waals surface area contributed by atoms with Gasteiger partial charge in [0, 0.05) is 31.4 Å². The molecule has 3 N–H and O–H groups in total. The fraction of sp³-hybridized carbons (Fsp3) is 0.486. The summed E-state index contributed by atoms with van der Waals surface area (Å²) in [4.78, 5) is 17.8. The van der Waals surface area contributed by atoms with E-state index >= 15 is 0 Å². The fourth-order valence-electron chi connectivity index (χ4n) is 6.88. The van der Waals surface area contributed by atoms with Crippen LogP contribution in [0.4, 0.5) is 16.4 Å². The number of carbonyl (C=O) groups excluding carboxylic acids is 1. The lowest BCUT2D eigenvalue weighted by Crippen LogP contribution is -2.38. The van der Waals surface area contributed by atoms with Crippen molar-refractivity contribution in [1.82, 2.24) is 24.8 Å². The number of aliphatic hydroxyl groups is 1. The molecule has 2 aromatic carbocycles. The molecule has 10 heteroatoms. The van der Waals surface area contributed by atoms with Crippen molar-refractivity contribution >= 4 is 23.3 Å². The second-order valence-electron chi connectivity index (χ2n) is 14.2. The summed E-state index contributed by atoms with van der Waals surface area (Å²) < 4.78 is 8.69. The monoisotopic (exact) mass is 639 g/mol. The van der Waals surface area contributed by atoms with Crippen LogP contribution in [0.5, 0.6) is 5.75 Å². The Morgan fingerprint density at radius 2 is 1.85 bits per heavy atom. The number of anilines is 2. The number of likely N-dealkylation sites (N-methyl/N-ethyl adjacent to an activating group) is 1. The maximum atomic E-state index is 13.4. The third-order valence-corrected chi connectivity index (χ3v) is 9.49. The molecule has 1 fully saturated rings. The third-order valence-electron chi connectivity index (χ3n) is 9.49. The van der Waals surface area contributed by atoms with Crippen molar-refractivity contribution in [2.24, 2.45) is 0 Å². The molecule has 0 spiro atoms. The van der Waals surface area contributed by atoms with Crippen LogP contribution in [0.25, 0.3) is 5.65 Å². The van der Waals surface area contributed by atoms with Gasteiger partial charge >= 0.3 is 6.03 Å². The zero-order valence-electron chi connectivity index (χ0n) is 28.4. The van der Waals surface area contributed by atoms with Crippen molar-refractivity contribution in [1.29, 1.82) is 0 Å². The lowest BCUT2D eigenvalue weighted by molar-refractivity contribution is 0.171. The van der Waals surface area contributed by atoms with E-state index in [2.05, 4.69) is 82.6 Å². The first-order valence-electron chi connectivity index (χ1n) is 17.0. The van der Waals surface area contributed by atoms with E-state index in [1.54, 1.807) is 0 Å². The zero-order chi connectivity index (χ0) is 33.1. The average molecular weight is 640 g/mol. The standard InChI is InChI=1S/C37H49N7O3/c1-25-10-8-9-17-43(25)36-41-40-34-16-13-29(24-44(34)36)47-33-15-14-32(30-11-6-7-12-31(30)33)39-35(46)38-28-21-26(23-42(5)18-19-45)20-27(22-28)37(2,3)4/h6-7,11-13,16,20-22,24-25,32-33,45H,8-10,14-15,17-19,23H2,1-5H3,(H2,38,39,46)/t25-,32?,33+/m0/s1. The molecule has 6 rings (SSSR count). The minimum Gasteiger partial charge on any atom is -0.484 e. The van der Waals surface area contributed by atoms with Crippen molar-refractivity contribution in [2.75, 3.05) is 37.0 Å². The summed E-state index contributed by atoms with van der Waals surface area (Å²) in [6.45, 7) is 11.1. The highest BCUT2D eigenvalue weighted by atomic mass is 16.5. The van der Waals surface area contributed by atoms with Crippen LogP contribution in [0.2, 0.25) is 0 Å². The first-order chi connectivity index (χ1) is 22.6. The maximum absolute atomic E-state index is 13.4. The van der Waals surface area contributed by atoms with Crippen molar-refractivity contribution < 1.29 is 14.6 Å². The molecule has 10 nitrogen and oxygen atoms in total. The molecule has 2 aliphatic rings. The van der Waals surface area contributed by atoms with Gasteiger partial charge in [-0.2, -0.15) is 0 Å². The molecule has 2 aromatic heterocycles. The Kier molecular flexibility index (Phi) is 9.70. The van der Waals surface area contributed by atoms with E-state index in [0.717, 1.165) is 77.5 Å². The number of ether oxygens (including phenoxy) is 1. The predicted molar refractivity (Wildman–Crippen MR) is 186 cm³/mol. The Morgan fingerprint density at radius 1 is 1.04 bits per heavy atom. The molecule has 0 bridgehead atoms. The Hall–Kier alpha value is -4.15. The number of aromatic nitrogens is 3. The quantitative estimate of drug-likeness (QED) is 0.189. The Bertz CT molecular complexity index is 1700. The van der Waals surface area contributed by atoms with Gasteiger partial charge in [0.2, 0.25) is 5.95 Å². The number of pyridine rings is 1. The molecule has 0 radical (unpaired) electrons. The van der Waals surface area contributed by atoms with E-state index in [-0.39, 0.29) is 30.2 Å². The Labute approximate surface area is 278 Å². The van der Waals surface area contributed by atoms with Crippen LogP contribution >= 0.6 is 0 Å². The van der Waals surface area contributed by atoms with Gasteiger partial charge in [-0.1, -0.05) is 51.1 Å². The van der Waals surface area contributed by atoms with Crippen LogP contribution in [-0.2, 0) is 12.0 Å². The molecule has 3 atom stereocenters. The summed E-state index contributed by atoms with van der Waals surface area (Å²) in [6, 6.07) is 18.5. The number of hydrogen-bond donors (Lipinski definition) is 3. The second-order valence-corrected chi connectivity index (χ2v) is 14.2. The van der Waals surface area contributed by atoms with E-state index in [0.29, 0.717) is 19.1 Å². The van der Waals surface area contributed by atoms with E-state index in [1.165, 1.54) is 6.42 Å². The van der Waals surface area contributed by atoms with Crippen LogP contribution < -0.4 is 20.3 Å². The maximum Gasteiger partial charge on any atom is 0.319 e. The number of nitrogens with zero attached hydrogens (tertiary/aromatic N) is 5. The molecule has 250 valence electrons. The second kappa shape index (κ2) is 13.9. The highest BCUT2D eigenvalue weighted by molar-refractivity contribution is 5.89. The van der Waals surface area contributed by atoms with E-state index in [4.69, 9.17) is 4.74 Å². The fourth-order valence-corrected chi connectivity index (χ4v) is 6.88. The Balaban J connectivity index is 1.17. The number of nitrogens with one attached hydrogen (secondary N) is 2. The molecular weight excluding hydrogens is 590 g/mol. The molecule has 1 saturated heterocycles. The molecule has 47 heavy (non-hydrogen) atoms. The van der Waals surface area contributed by atoms with Gasteiger partial charge in [-0.25, -0.2) is 4.79 Å². The van der Waals surface area contributed by atoms with Gasteiger partial charge in [0.25, 0.3) is 0 Å². The van der Waals surface area contributed by atoms with Crippen LogP contribution in [0, 0.1) is 0 Å². The SMILES string of the molecule is C[C@H]1CCCCN1c1nnc2ccc(O[C@@H]3CCC(NC(=O)Nc4cc(CN(C)CCO)cc(C(C)(C)C)c4)c4ccccc43)cn12. The number of hydrogen-bond acceptors (Lipinski definition) is 7. The molecule has 1 aliphatic heterocycles. The highest BCUT2D eigenvalue weighted by Gasteiger charge is 2.30. The topological polar surface area (TPSA) is 107 Å². The first-order valence-corrected chi connectivity index (χ1v) is 17.0. The summed E-state index contributed by atoms with van der Waals surface area (Å²) >= 11 is 0. The smallest absolute Gasteiger partial charge is 0.319 e. The van der Waals surface area contributed by atoms with E-state index in [1.807, 2.05) is 48.0 Å². The summed E-state index contributed by atoms with van der Waals surface area (Å²) in [5, 5.41) is 24.7. The molecule has 1 aliphatic carbocycles. The lowest BCUT2D eigenvalue weighted by atomic mass is 9.85. The number of carbonyl (C=O) groups is 1. The van der Waals surface area contributed by atoms with Crippen molar-refractivity contribution in [2.45, 2.75) is 89.9 Å². The number of aliphatic hydroxyl groups excluding tert-OH is 1. The van der Waals surface area contributed by atoms with Gasteiger partial charge in [0.05, 0.1) is 18.8 Å². The van der Waals surface area contributed by atoms with Crippen LogP contribution in [-0.4, -0.2) is 63.4 Å². The number of piperidine rings is 1. The lowest BCUT2D eigenvalue weighted by Gasteiger charge is -2.33. The molecule has 3 heterocycles. The number of benzene rings is 2. The minimum atomic E-state index is -0.234. The largest absolute Gasteiger partial charge is 0.484 e. The highest BCUT2D eigenvalue weighted by Crippen LogP contribution is 2.39. The molecular formula is C37H49N7O3. The van der Waals surface area contributed by atoms with Gasteiger partial charge in [-0.05, 0) is 98.0 Å².